The third kappa shape index (κ3) is 6.54. The average Bonchev–Trinajstić information content (AvgIpc) is 3.85. The largest absolute Gasteiger partial charge is 0.309 e. The Morgan fingerprint density at radius 2 is 0.676 bits per heavy atom. The molecule has 0 amide bonds. The summed E-state index contributed by atoms with van der Waals surface area (Å²) in [5.41, 5.74) is 13.3. The number of fused-ring (bicyclic) bond motifs is 8. The van der Waals surface area contributed by atoms with E-state index in [2.05, 4.69) is 136 Å². The zero-order chi connectivity index (χ0) is 47.2. The summed E-state index contributed by atoms with van der Waals surface area (Å²) in [5, 5.41) is 47.3. The molecule has 0 N–H and O–H groups in total. The Morgan fingerprint density at radius 3 is 0.941 bits per heavy atom. The van der Waals surface area contributed by atoms with Gasteiger partial charge in [-0.15, -0.1) is 0 Å². The first kappa shape index (κ1) is 41.6. The topological polar surface area (TPSA) is 131 Å². The molecule has 0 atom stereocenters. The molecule has 4 aromatic heterocycles. The zero-order valence-electron chi connectivity index (χ0n) is 38.4. The van der Waals surface area contributed by atoms with E-state index >= 15 is 0 Å². The highest BCUT2D eigenvalue weighted by molar-refractivity contribution is 6.22. The number of hydrogen-bond acceptors (Lipinski definition) is 6. The molecule has 0 radical (unpaired) electrons. The number of hydrogen-bond donors (Lipinski definition) is 0. The third-order valence-electron chi connectivity index (χ3n) is 13.4. The van der Waals surface area contributed by atoms with Crippen LogP contribution in [0, 0.1) is 45.3 Å². The van der Waals surface area contributed by atoms with Crippen LogP contribution in [0.1, 0.15) is 74.9 Å². The Morgan fingerprint density at radius 1 is 0.353 bits per heavy atom. The van der Waals surface area contributed by atoms with E-state index in [1.165, 1.54) is 0 Å². The van der Waals surface area contributed by atoms with Crippen LogP contribution < -0.4 is 0 Å². The summed E-state index contributed by atoms with van der Waals surface area (Å²) < 4.78 is 4.43. The van der Waals surface area contributed by atoms with Gasteiger partial charge in [-0.3, -0.25) is 9.97 Å². The third-order valence-corrected chi connectivity index (χ3v) is 13.4. The van der Waals surface area contributed by atoms with Gasteiger partial charge in [0.15, 0.2) is 0 Å². The SMILES string of the molecule is CC(C)(C)c1ccc(-c2c3ccc(-n4c5ccc(C#N)cc5c5cc(C#N)ccc54)cc3c(-c3ccc(C(C)(C)C)cn3)c3ccc(-n4c5ccc(C#N)cc5c5cc(C#N)ccc54)cc23)nc1. The lowest BCUT2D eigenvalue weighted by molar-refractivity contribution is 0.587. The monoisotopic (exact) mass is 874 g/mol. The average molecular weight is 875 g/mol. The molecule has 0 aliphatic carbocycles. The van der Waals surface area contributed by atoms with Gasteiger partial charge in [-0.25, -0.2) is 0 Å². The van der Waals surface area contributed by atoms with Crippen molar-refractivity contribution in [2.75, 3.05) is 0 Å². The van der Waals surface area contributed by atoms with Crippen LogP contribution in [-0.2, 0) is 10.8 Å². The van der Waals surface area contributed by atoms with Crippen LogP contribution in [0.5, 0.6) is 0 Å². The Balaban J connectivity index is 1.27. The molecule has 0 unspecified atom stereocenters. The number of pyridine rings is 2. The molecule has 0 fully saturated rings. The Kier molecular flexibility index (Phi) is 9.33. The van der Waals surface area contributed by atoms with Crippen molar-refractivity contribution in [2.24, 2.45) is 0 Å². The smallest absolute Gasteiger partial charge is 0.0991 e. The molecule has 0 aliphatic rings. The van der Waals surface area contributed by atoms with Crippen molar-refractivity contribution in [1.82, 2.24) is 19.1 Å². The van der Waals surface area contributed by atoms with Crippen LogP contribution in [-0.4, -0.2) is 19.1 Å². The van der Waals surface area contributed by atoms with Crippen LogP contribution in [0.3, 0.4) is 0 Å². The van der Waals surface area contributed by atoms with E-state index in [0.717, 1.165) is 110 Å². The van der Waals surface area contributed by atoms with Gasteiger partial charge in [0.25, 0.3) is 0 Å². The van der Waals surface area contributed by atoms with Crippen LogP contribution in [0.2, 0.25) is 0 Å². The second kappa shape index (κ2) is 15.3. The molecular formula is C60H42N8. The van der Waals surface area contributed by atoms with Crippen molar-refractivity contribution in [1.29, 1.82) is 21.0 Å². The van der Waals surface area contributed by atoms with Crippen LogP contribution in [0.25, 0.3) is 99.0 Å². The van der Waals surface area contributed by atoms with Crippen LogP contribution in [0.15, 0.2) is 146 Å². The highest BCUT2D eigenvalue weighted by Gasteiger charge is 2.24. The highest BCUT2D eigenvalue weighted by Crippen LogP contribution is 2.46. The number of nitriles is 4. The minimum Gasteiger partial charge on any atom is -0.309 e. The number of nitrogens with zero attached hydrogens (tertiary/aromatic N) is 8. The molecule has 0 saturated heterocycles. The summed E-state index contributed by atoms with van der Waals surface area (Å²) in [6.45, 7) is 13.1. The minimum atomic E-state index is -0.107. The van der Waals surface area contributed by atoms with Gasteiger partial charge in [-0.2, -0.15) is 21.0 Å². The van der Waals surface area contributed by atoms with E-state index in [4.69, 9.17) is 9.97 Å². The maximum atomic E-state index is 9.93. The lowest BCUT2D eigenvalue weighted by Crippen LogP contribution is -2.11. The maximum Gasteiger partial charge on any atom is 0.0991 e. The molecule has 8 nitrogen and oxygen atoms in total. The lowest BCUT2D eigenvalue weighted by atomic mass is 9.85. The van der Waals surface area contributed by atoms with Gasteiger partial charge in [-0.05, 0) is 153 Å². The first-order valence-electron chi connectivity index (χ1n) is 22.5. The second-order valence-corrected chi connectivity index (χ2v) is 19.6. The molecule has 8 heteroatoms. The van der Waals surface area contributed by atoms with E-state index in [1.54, 1.807) is 0 Å². The Bertz CT molecular complexity index is 3710. The van der Waals surface area contributed by atoms with Gasteiger partial charge in [-0.1, -0.05) is 65.8 Å². The van der Waals surface area contributed by atoms with Gasteiger partial charge < -0.3 is 9.13 Å². The summed E-state index contributed by atoms with van der Waals surface area (Å²) in [5.74, 6) is 0. The predicted octanol–water partition coefficient (Wildman–Crippen LogP) is 14.4. The van der Waals surface area contributed by atoms with E-state index < -0.39 is 0 Å². The zero-order valence-corrected chi connectivity index (χ0v) is 38.4. The van der Waals surface area contributed by atoms with Crippen molar-refractivity contribution >= 4 is 65.2 Å². The number of aromatic nitrogens is 4. The van der Waals surface area contributed by atoms with Crippen LogP contribution >= 0.6 is 0 Å². The molecule has 0 aliphatic heterocycles. The van der Waals surface area contributed by atoms with Gasteiger partial charge in [0.05, 0.1) is 80.0 Å². The molecule has 0 spiro atoms. The predicted molar refractivity (Wildman–Crippen MR) is 273 cm³/mol. The second-order valence-electron chi connectivity index (χ2n) is 19.6. The van der Waals surface area contributed by atoms with Gasteiger partial charge >= 0.3 is 0 Å². The summed E-state index contributed by atoms with van der Waals surface area (Å²) in [6.07, 6.45) is 3.98. The van der Waals surface area contributed by atoms with Crippen molar-refractivity contribution in [3.63, 3.8) is 0 Å². The molecule has 4 heterocycles. The molecular weight excluding hydrogens is 833 g/mol. The minimum absolute atomic E-state index is 0.107. The molecule has 0 saturated carbocycles. The van der Waals surface area contributed by atoms with Crippen molar-refractivity contribution in [3.05, 3.63) is 179 Å². The molecule has 322 valence electrons. The summed E-state index contributed by atoms with van der Waals surface area (Å²) >= 11 is 0. The summed E-state index contributed by atoms with van der Waals surface area (Å²) in [7, 11) is 0. The van der Waals surface area contributed by atoms with E-state index in [0.29, 0.717) is 22.3 Å². The molecule has 11 rings (SSSR count). The molecule has 11 aromatic rings. The van der Waals surface area contributed by atoms with Crippen molar-refractivity contribution < 1.29 is 0 Å². The summed E-state index contributed by atoms with van der Waals surface area (Å²) in [4.78, 5) is 10.5. The Labute approximate surface area is 393 Å². The highest BCUT2D eigenvalue weighted by atomic mass is 15.0. The van der Waals surface area contributed by atoms with Crippen LogP contribution in [0.4, 0.5) is 0 Å². The van der Waals surface area contributed by atoms with Gasteiger partial charge in [0, 0.05) is 56.4 Å². The normalized spacial score (nSPS) is 11.9. The molecule has 7 aromatic carbocycles. The van der Waals surface area contributed by atoms with E-state index in [-0.39, 0.29) is 10.8 Å². The van der Waals surface area contributed by atoms with E-state index in [9.17, 15) is 21.0 Å². The standard InChI is InChI=1S/C60H42N8/c1-59(2,3)39-11-17-51(65-33-39)57-43-15-13-42(68-55-21-9-37(31-63)25-47(55)48-26-38(32-64)10-22-56(48)68)28-50(43)58(52-18-12-40(34-66-52)60(4,5)6)44-16-14-41(27-49(44)57)67-53-19-7-35(29-61)23-45(53)46-24-36(30-62)8-20-54(46)67/h7-28,33-34H,1-6H3. The number of benzene rings is 7. The fourth-order valence-corrected chi connectivity index (χ4v) is 9.89. The molecule has 68 heavy (non-hydrogen) atoms. The number of rotatable bonds is 4. The summed E-state index contributed by atoms with van der Waals surface area (Å²) in [6, 6.07) is 53.9. The quantitative estimate of drug-likeness (QED) is 0.162. The maximum absolute atomic E-state index is 9.93. The fourth-order valence-electron chi connectivity index (χ4n) is 9.89. The van der Waals surface area contributed by atoms with Gasteiger partial charge in [0.2, 0.25) is 0 Å². The van der Waals surface area contributed by atoms with Crippen molar-refractivity contribution in [2.45, 2.75) is 52.4 Å². The lowest BCUT2D eigenvalue weighted by Gasteiger charge is -2.22. The fraction of sp³-hybridized carbons (Fsp3) is 0.133. The van der Waals surface area contributed by atoms with E-state index in [1.807, 2.05) is 85.2 Å². The van der Waals surface area contributed by atoms with Gasteiger partial charge in [0.1, 0.15) is 0 Å². The molecule has 0 bridgehead atoms. The first-order valence-corrected chi connectivity index (χ1v) is 22.5. The van der Waals surface area contributed by atoms with Crippen molar-refractivity contribution in [3.8, 4) is 58.2 Å². The Hall–Kier alpha value is -9.08. The first-order chi connectivity index (χ1) is 32.8.